The highest BCUT2D eigenvalue weighted by atomic mass is 16.7. The lowest BCUT2D eigenvalue weighted by molar-refractivity contribution is -0.140. The molecule has 0 radical (unpaired) electrons. The minimum Gasteiger partial charge on any atom is -0.396 e. The van der Waals surface area contributed by atoms with E-state index in [4.69, 9.17) is 14.6 Å². The molecule has 3 nitrogen and oxygen atoms in total. The summed E-state index contributed by atoms with van der Waals surface area (Å²) in [5.41, 5.74) is 2.35. The largest absolute Gasteiger partial charge is 0.396 e. The Labute approximate surface area is 110 Å². The minimum atomic E-state index is -0.258. The van der Waals surface area contributed by atoms with Gasteiger partial charge in [0.05, 0.1) is 0 Å². The van der Waals surface area contributed by atoms with E-state index >= 15 is 0 Å². The lowest BCUT2D eigenvalue weighted by Gasteiger charge is -2.17. The molecular weight excluding hydrogens is 228 g/mol. The molecule has 1 aromatic carbocycles. The van der Waals surface area contributed by atoms with Gasteiger partial charge in [-0.25, -0.2) is 0 Å². The van der Waals surface area contributed by atoms with Crippen molar-refractivity contribution in [1.29, 1.82) is 0 Å². The van der Waals surface area contributed by atoms with Crippen molar-refractivity contribution in [3.63, 3.8) is 0 Å². The first-order valence-electron chi connectivity index (χ1n) is 6.74. The number of aliphatic hydroxyl groups is 1. The van der Waals surface area contributed by atoms with Gasteiger partial charge < -0.3 is 14.6 Å². The summed E-state index contributed by atoms with van der Waals surface area (Å²) in [6.07, 6.45) is 2.64. The second kappa shape index (κ2) is 9.09. The van der Waals surface area contributed by atoms with Gasteiger partial charge in [0.1, 0.15) is 0 Å². The van der Waals surface area contributed by atoms with Crippen LogP contribution in [0.1, 0.15) is 44.1 Å². The van der Waals surface area contributed by atoms with Crippen LogP contribution in [0.3, 0.4) is 0 Å². The van der Waals surface area contributed by atoms with Gasteiger partial charge in [-0.2, -0.15) is 0 Å². The molecule has 0 heterocycles. The molecule has 102 valence electrons. The first-order valence-corrected chi connectivity index (χ1v) is 6.74. The Balaban J connectivity index is 2.56. The number of aliphatic hydroxyl groups excluding tert-OH is 1. The van der Waals surface area contributed by atoms with Crippen molar-refractivity contribution in [2.45, 2.75) is 39.4 Å². The van der Waals surface area contributed by atoms with Crippen LogP contribution in [0.4, 0.5) is 0 Å². The molecule has 0 saturated heterocycles. The molecule has 0 saturated carbocycles. The van der Waals surface area contributed by atoms with E-state index in [0.29, 0.717) is 13.2 Å². The molecule has 0 bridgehead atoms. The quantitative estimate of drug-likeness (QED) is 0.542. The monoisotopic (exact) mass is 252 g/mol. The number of unbranched alkanes of at least 4 members (excludes halogenated alkanes) is 1. The third-order valence-corrected chi connectivity index (χ3v) is 2.76. The molecule has 1 rings (SSSR count). The summed E-state index contributed by atoms with van der Waals surface area (Å²) in [6.45, 7) is 5.49. The van der Waals surface area contributed by atoms with E-state index < -0.39 is 0 Å². The van der Waals surface area contributed by atoms with Gasteiger partial charge in [-0.15, -0.1) is 0 Å². The average molecular weight is 252 g/mol. The van der Waals surface area contributed by atoms with E-state index in [0.717, 1.165) is 24.8 Å². The molecule has 0 atom stereocenters. The lowest BCUT2D eigenvalue weighted by Crippen LogP contribution is -2.08. The van der Waals surface area contributed by atoms with Gasteiger partial charge in [-0.1, -0.05) is 24.3 Å². The number of rotatable bonds is 9. The van der Waals surface area contributed by atoms with E-state index in [-0.39, 0.29) is 12.9 Å². The van der Waals surface area contributed by atoms with Crippen molar-refractivity contribution in [1.82, 2.24) is 0 Å². The number of hydrogen-bond acceptors (Lipinski definition) is 3. The van der Waals surface area contributed by atoms with Crippen molar-refractivity contribution in [2.24, 2.45) is 0 Å². The fourth-order valence-electron chi connectivity index (χ4n) is 1.83. The molecule has 0 aromatic heterocycles. The van der Waals surface area contributed by atoms with E-state index in [1.165, 1.54) is 5.56 Å². The molecule has 0 aliphatic heterocycles. The Hall–Kier alpha value is -0.900. The summed E-state index contributed by atoms with van der Waals surface area (Å²) in [6, 6.07) is 8.34. The Kier molecular flexibility index (Phi) is 7.65. The van der Waals surface area contributed by atoms with Crippen LogP contribution in [0.15, 0.2) is 24.3 Å². The Morgan fingerprint density at radius 2 is 1.61 bits per heavy atom. The molecule has 0 unspecified atom stereocenters. The number of hydrogen-bond donors (Lipinski definition) is 1. The molecule has 1 N–H and O–H groups in total. The summed E-state index contributed by atoms with van der Waals surface area (Å²) in [5, 5.41) is 8.75. The first kappa shape index (κ1) is 15.2. The molecule has 0 aliphatic carbocycles. The van der Waals surface area contributed by atoms with Gasteiger partial charge in [0, 0.05) is 25.4 Å². The molecule has 3 heteroatoms. The highest BCUT2D eigenvalue weighted by Crippen LogP contribution is 2.20. The highest BCUT2D eigenvalue weighted by Gasteiger charge is 2.10. The Morgan fingerprint density at radius 3 is 2.11 bits per heavy atom. The molecule has 0 spiro atoms. The Bertz CT molecular complexity index is 302. The van der Waals surface area contributed by atoms with Crippen LogP contribution in [0.5, 0.6) is 0 Å². The molecule has 18 heavy (non-hydrogen) atoms. The minimum absolute atomic E-state index is 0.258. The second-order valence-corrected chi connectivity index (χ2v) is 4.16. The van der Waals surface area contributed by atoms with Crippen LogP contribution in [-0.4, -0.2) is 24.9 Å². The van der Waals surface area contributed by atoms with Crippen molar-refractivity contribution in [3.05, 3.63) is 35.4 Å². The molecule has 0 amide bonds. The normalized spacial score (nSPS) is 11.1. The molecule has 1 aromatic rings. The van der Waals surface area contributed by atoms with Crippen LogP contribution in [0.2, 0.25) is 0 Å². The first-order chi connectivity index (χ1) is 8.81. The predicted octanol–water partition coefficient (Wildman–Crippen LogP) is 3.07. The maximum Gasteiger partial charge on any atom is 0.183 e. The van der Waals surface area contributed by atoms with Crippen molar-refractivity contribution in [3.8, 4) is 0 Å². The van der Waals surface area contributed by atoms with Crippen molar-refractivity contribution >= 4 is 0 Å². The van der Waals surface area contributed by atoms with E-state index in [2.05, 4.69) is 24.3 Å². The van der Waals surface area contributed by atoms with E-state index in [9.17, 15) is 0 Å². The maximum atomic E-state index is 8.75. The topological polar surface area (TPSA) is 38.7 Å². The van der Waals surface area contributed by atoms with Crippen molar-refractivity contribution < 1.29 is 14.6 Å². The molecule has 0 aliphatic rings. The number of ether oxygens (including phenoxy) is 2. The zero-order chi connectivity index (χ0) is 13.2. The van der Waals surface area contributed by atoms with Crippen LogP contribution in [0, 0.1) is 0 Å². The van der Waals surface area contributed by atoms with Crippen LogP contribution >= 0.6 is 0 Å². The second-order valence-electron chi connectivity index (χ2n) is 4.16. The van der Waals surface area contributed by atoms with E-state index in [1.807, 2.05) is 13.8 Å². The zero-order valence-corrected chi connectivity index (χ0v) is 11.4. The van der Waals surface area contributed by atoms with Gasteiger partial charge in [0.2, 0.25) is 0 Å². The predicted molar refractivity (Wildman–Crippen MR) is 72.5 cm³/mol. The lowest BCUT2D eigenvalue weighted by atomic mass is 10.1. The van der Waals surface area contributed by atoms with Gasteiger partial charge in [0.25, 0.3) is 0 Å². The highest BCUT2D eigenvalue weighted by molar-refractivity contribution is 5.23. The fraction of sp³-hybridized carbons (Fsp3) is 0.600. The standard InChI is InChI=1S/C15H24O3/c1-3-17-15(18-4-2)14-10-8-13(9-11-14)7-5-6-12-16/h8-11,15-16H,3-7,12H2,1-2H3. The molecular formula is C15H24O3. The van der Waals surface area contributed by atoms with Gasteiger partial charge in [-0.05, 0) is 38.7 Å². The number of aryl methyl sites for hydroxylation is 1. The van der Waals surface area contributed by atoms with Gasteiger partial charge in [0.15, 0.2) is 6.29 Å². The smallest absolute Gasteiger partial charge is 0.183 e. The van der Waals surface area contributed by atoms with E-state index in [1.54, 1.807) is 0 Å². The Morgan fingerprint density at radius 1 is 1.00 bits per heavy atom. The van der Waals surface area contributed by atoms with Crippen molar-refractivity contribution in [2.75, 3.05) is 19.8 Å². The summed E-state index contributed by atoms with van der Waals surface area (Å²) < 4.78 is 11.1. The third-order valence-electron chi connectivity index (χ3n) is 2.76. The summed E-state index contributed by atoms with van der Waals surface area (Å²) >= 11 is 0. The third kappa shape index (κ3) is 5.17. The average Bonchev–Trinajstić information content (AvgIpc) is 2.40. The fourth-order valence-corrected chi connectivity index (χ4v) is 1.83. The summed E-state index contributed by atoms with van der Waals surface area (Å²) in [7, 11) is 0. The SMILES string of the molecule is CCOC(OCC)c1ccc(CCCCO)cc1. The summed E-state index contributed by atoms with van der Waals surface area (Å²) in [4.78, 5) is 0. The molecule has 0 fully saturated rings. The van der Waals surface area contributed by atoms with Crippen LogP contribution in [0.25, 0.3) is 0 Å². The van der Waals surface area contributed by atoms with Crippen LogP contribution in [-0.2, 0) is 15.9 Å². The van der Waals surface area contributed by atoms with Crippen LogP contribution < -0.4 is 0 Å². The summed E-state index contributed by atoms with van der Waals surface area (Å²) in [5.74, 6) is 0. The van der Waals surface area contributed by atoms with Gasteiger partial charge >= 0.3 is 0 Å². The van der Waals surface area contributed by atoms with Gasteiger partial charge in [-0.3, -0.25) is 0 Å². The number of benzene rings is 1. The maximum absolute atomic E-state index is 8.75. The zero-order valence-electron chi connectivity index (χ0n) is 11.4.